The molecule has 12 heteroatoms. The number of carbonyl (C=O) groups excluding carboxylic acids is 4. The fourth-order valence-corrected chi connectivity index (χ4v) is 5.10. The van der Waals surface area contributed by atoms with Crippen LogP contribution in [-0.4, -0.2) is 71.7 Å². The van der Waals surface area contributed by atoms with Crippen LogP contribution >= 0.6 is 11.6 Å². The number of benzene rings is 2. The molecular weight excluding hydrogens is 584 g/mol. The number of rotatable bonds is 10. The molecule has 0 spiro atoms. The van der Waals surface area contributed by atoms with Crippen molar-refractivity contribution in [3.63, 3.8) is 0 Å². The number of hydrogen-bond acceptors (Lipinski definition) is 11. The number of ether oxygens (including phenoxy) is 5. The zero-order valence-corrected chi connectivity index (χ0v) is 24.8. The van der Waals surface area contributed by atoms with Crippen LogP contribution in [-0.2, 0) is 55.1 Å². The van der Waals surface area contributed by atoms with E-state index in [-0.39, 0.29) is 17.2 Å². The molecule has 1 fully saturated rings. The van der Waals surface area contributed by atoms with Gasteiger partial charge in [0.15, 0.2) is 12.2 Å². The summed E-state index contributed by atoms with van der Waals surface area (Å²) in [5.41, 5.74) is 1.98. The van der Waals surface area contributed by atoms with E-state index < -0.39 is 66.6 Å². The predicted octanol–water partition coefficient (Wildman–Crippen LogP) is 2.54. The summed E-state index contributed by atoms with van der Waals surface area (Å²) in [7, 11) is 0. The number of aliphatic hydroxyl groups is 2. The third kappa shape index (κ3) is 8.12. The maximum Gasteiger partial charge on any atom is 0.303 e. The normalized spacial score (nSPS) is 23.8. The van der Waals surface area contributed by atoms with E-state index in [1.807, 2.05) is 12.1 Å². The zero-order valence-electron chi connectivity index (χ0n) is 24.1. The number of halogens is 1. The summed E-state index contributed by atoms with van der Waals surface area (Å²) in [6.07, 6.45) is 0.203. The van der Waals surface area contributed by atoms with Crippen molar-refractivity contribution in [2.45, 2.75) is 70.2 Å². The molecule has 2 N–H and O–H groups in total. The summed E-state index contributed by atoms with van der Waals surface area (Å²) in [6.45, 7) is 3.85. The van der Waals surface area contributed by atoms with Gasteiger partial charge in [-0.05, 0) is 35.2 Å². The third-order valence-electron chi connectivity index (χ3n) is 6.65. The Balaban J connectivity index is 2.19. The fourth-order valence-electron chi connectivity index (χ4n) is 4.87. The van der Waals surface area contributed by atoms with E-state index in [1.165, 1.54) is 18.2 Å². The lowest BCUT2D eigenvalue weighted by molar-refractivity contribution is -0.360. The second-order valence-electron chi connectivity index (χ2n) is 9.88. The monoisotopic (exact) mass is 616 g/mol. The zero-order chi connectivity index (χ0) is 31.9. The van der Waals surface area contributed by atoms with Crippen molar-refractivity contribution in [1.82, 2.24) is 0 Å². The van der Waals surface area contributed by atoms with Crippen LogP contribution in [0.5, 0.6) is 0 Å². The molecule has 1 heterocycles. The minimum Gasteiger partial charge on any atom is -0.463 e. The van der Waals surface area contributed by atoms with Gasteiger partial charge in [0.1, 0.15) is 12.7 Å². The Labute approximate surface area is 254 Å². The third-order valence-corrected chi connectivity index (χ3v) is 7.00. The topological polar surface area (TPSA) is 155 Å². The van der Waals surface area contributed by atoms with Crippen molar-refractivity contribution in [2.24, 2.45) is 0 Å². The van der Waals surface area contributed by atoms with Crippen LogP contribution in [0.3, 0.4) is 0 Å². The first-order chi connectivity index (χ1) is 20.3. The highest BCUT2D eigenvalue weighted by molar-refractivity contribution is 6.31. The van der Waals surface area contributed by atoms with E-state index in [9.17, 15) is 29.4 Å². The maximum absolute atomic E-state index is 12.3. The van der Waals surface area contributed by atoms with Gasteiger partial charge in [-0.15, -0.1) is 6.42 Å². The van der Waals surface area contributed by atoms with E-state index in [4.69, 9.17) is 41.7 Å². The van der Waals surface area contributed by atoms with Gasteiger partial charge in [0.05, 0.1) is 5.92 Å². The van der Waals surface area contributed by atoms with E-state index in [0.717, 1.165) is 33.3 Å². The molecule has 0 amide bonds. The summed E-state index contributed by atoms with van der Waals surface area (Å²) in [5, 5.41) is 21.6. The summed E-state index contributed by atoms with van der Waals surface area (Å²) < 4.78 is 27.4. The lowest BCUT2D eigenvalue weighted by Crippen LogP contribution is -2.66. The number of esters is 4. The Morgan fingerprint density at radius 1 is 0.953 bits per heavy atom. The van der Waals surface area contributed by atoms with Gasteiger partial charge in [-0.25, -0.2) is 0 Å². The van der Waals surface area contributed by atoms with Crippen molar-refractivity contribution in [3.05, 3.63) is 69.7 Å². The van der Waals surface area contributed by atoms with Gasteiger partial charge in [-0.3, -0.25) is 19.2 Å². The molecule has 3 rings (SSSR count). The van der Waals surface area contributed by atoms with Crippen molar-refractivity contribution in [1.29, 1.82) is 0 Å². The summed E-state index contributed by atoms with van der Waals surface area (Å²) in [5.74, 6) is -3.78. The van der Waals surface area contributed by atoms with Crippen LogP contribution in [0.15, 0.2) is 42.5 Å². The molecule has 6 atom stereocenters. The Hall–Kier alpha value is -3.95. The molecule has 11 nitrogen and oxygen atoms in total. The smallest absolute Gasteiger partial charge is 0.303 e. The SMILES string of the molecule is C#CC(c1ccc(CCO)cc1)c1cc([C@@]2(O)O[C@H](COC(C)=O)[C@@H](OC(C)=O)[C@H](OC(C)=O)[C@H]2OC(C)=O)ccc1Cl. The van der Waals surface area contributed by atoms with Crippen LogP contribution in [0.25, 0.3) is 0 Å². The minimum absolute atomic E-state index is 0.00144. The first-order valence-electron chi connectivity index (χ1n) is 13.3. The molecule has 0 saturated carbocycles. The quantitative estimate of drug-likeness (QED) is 0.230. The van der Waals surface area contributed by atoms with Gasteiger partial charge in [-0.1, -0.05) is 47.9 Å². The van der Waals surface area contributed by atoms with Crippen molar-refractivity contribution in [2.75, 3.05) is 13.2 Å². The average Bonchev–Trinajstić information content (AvgIpc) is 2.93. The van der Waals surface area contributed by atoms with Crippen LogP contribution in [0, 0.1) is 12.3 Å². The predicted molar refractivity (Wildman–Crippen MR) is 151 cm³/mol. The largest absolute Gasteiger partial charge is 0.463 e. The van der Waals surface area contributed by atoms with Crippen LogP contribution < -0.4 is 0 Å². The Morgan fingerprint density at radius 2 is 1.56 bits per heavy atom. The highest BCUT2D eigenvalue weighted by Gasteiger charge is 2.60. The molecular formula is C31H33ClO11. The molecule has 1 aliphatic heterocycles. The number of terminal acetylenes is 1. The van der Waals surface area contributed by atoms with E-state index in [0.29, 0.717) is 17.5 Å². The molecule has 1 saturated heterocycles. The highest BCUT2D eigenvalue weighted by Crippen LogP contribution is 2.43. The van der Waals surface area contributed by atoms with Crippen molar-refractivity contribution >= 4 is 35.5 Å². The standard InChI is InChI=1S/C31H33ClO11/c1-6-24(22-9-7-21(8-10-22)13-14-33)25-15-23(11-12-26(25)32)31(38)30(42-20(5)37)29(41-19(4)36)28(40-18(3)35)27(43-31)16-39-17(2)34/h1,7-12,15,24,27-30,33,38H,13-14,16H2,2-5H3/t24?,27-,28-,29+,30-,31-/m1/s1. The molecule has 1 aliphatic rings. The van der Waals surface area contributed by atoms with Gasteiger partial charge in [0.2, 0.25) is 11.9 Å². The molecule has 230 valence electrons. The Morgan fingerprint density at radius 3 is 2.09 bits per heavy atom. The highest BCUT2D eigenvalue weighted by atomic mass is 35.5. The lowest BCUT2D eigenvalue weighted by Gasteiger charge is -2.48. The number of hydrogen-bond donors (Lipinski definition) is 2. The fraction of sp³-hybridized carbons (Fsp3) is 0.419. The molecule has 0 aliphatic carbocycles. The maximum atomic E-state index is 12.3. The molecule has 1 unspecified atom stereocenters. The molecule has 0 aromatic heterocycles. The second-order valence-corrected chi connectivity index (χ2v) is 10.3. The first kappa shape index (κ1) is 33.6. The van der Waals surface area contributed by atoms with E-state index in [1.54, 1.807) is 12.1 Å². The van der Waals surface area contributed by atoms with Crippen molar-refractivity contribution in [3.8, 4) is 12.3 Å². The van der Waals surface area contributed by atoms with Gasteiger partial charge in [0, 0.05) is 44.9 Å². The summed E-state index contributed by atoms with van der Waals surface area (Å²) >= 11 is 6.58. The van der Waals surface area contributed by atoms with Crippen molar-refractivity contribution < 1.29 is 53.1 Å². The van der Waals surface area contributed by atoms with Crippen LogP contribution in [0.1, 0.15) is 55.9 Å². The Kier molecular flexibility index (Phi) is 11.3. The molecule has 2 aromatic carbocycles. The average molecular weight is 617 g/mol. The summed E-state index contributed by atoms with van der Waals surface area (Å²) in [6, 6.07) is 11.6. The van der Waals surface area contributed by atoms with E-state index >= 15 is 0 Å². The van der Waals surface area contributed by atoms with Gasteiger partial charge < -0.3 is 33.9 Å². The molecule has 0 radical (unpaired) electrons. The van der Waals surface area contributed by atoms with Gasteiger partial charge >= 0.3 is 23.9 Å². The van der Waals surface area contributed by atoms with E-state index in [2.05, 4.69) is 5.92 Å². The van der Waals surface area contributed by atoms with Gasteiger partial charge in [0.25, 0.3) is 0 Å². The first-order valence-corrected chi connectivity index (χ1v) is 13.7. The number of aliphatic hydroxyl groups excluding tert-OH is 1. The number of carbonyl (C=O) groups is 4. The second kappa shape index (κ2) is 14.5. The Bertz CT molecular complexity index is 1380. The summed E-state index contributed by atoms with van der Waals surface area (Å²) in [4.78, 5) is 48.1. The molecule has 2 aromatic rings. The van der Waals surface area contributed by atoms with Crippen LogP contribution in [0.2, 0.25) is 5.02 Å². The lowest BCUT2D eigenvalue weighted by atomic mass is 9.84. The molecule has 0 bridgehead atoms. The van der Waals surface area contributed by atoms with Gasteiger partial charge in [-0.2, -0.15) is 0 Å². The minimum atomic E-state index is -2.54. The molecule has 43 heavy (non-hydrogen) atoms. The van der Waals surface area contributed by atoms with Crippen LogP contribution in [0.4, 0.5) is 0 Å².